The number of fused-ring (bicyclic) bond motifs is 2. The van der Waals surface area contributed by atoms with Gasteiger partial charge in [-0.2, -0.15) is 0 Å². The van der Waals surface area contributed by atoms with Crippen molar-refractivity contribution in [3.05, 3.63) is 82.6 Å². The van der Waals surface area contributed by atoms with Gasteiger partial charge in [-0.25, -0.2) is 8.78 Å². The fourth-order valence-corrected chi connectivity index (χ4v) is 3.39. The minimum atomic E-state index is -0.292. The molecule has 120 valence electrons. The maximum atomic E-state index is 14.6. The van der Waals surface area contributed by atoms with Gasteiger partial charge in [0.1, 0.15) is 17.2 Å². The number of hydrogen-bond donors (Lipinski definition) is 0. The van der Waals surface area contributed by atoms with E-state index in [1.54, 1.807) is 12.3 Å². The predicted molar refractivity (Wildman–Crippen MR) is 92.4 cm³/mol. The Labute approximate surface area is 138 Å². The molecule has 0 N–H and O–H groups in total. The van der Waals surface area contributed by atoms with Crippen LogP contribution < -0.4 is 0 Å². The third-order valence-electron chi connectivity index (χ3n) is 4.51. The molecule has 0 radical (unpaired) electrons. The molecule has 0 unspecified atom stereocenters. The lowest BCUT2D eigenvalue weighted by atomic mass is 9.94. The standard InChI is InChI=1S/C21H16F2O/c1-12-7-14-3-4-16(22)11-18(14)15(8-12)10-19-20(23)9-13(2)17-5-6-24-21(17)19/h3-9,11H,10H2,1-2H3. The summed E-state index contributed by atoms with van der Waals surface area (Å²) in [7, 11) is 0. The first-order chi connectivity index (χ1) is 11.5. The predicted octanol–water partition coefficient (Wildman–Crippen LogP) is 6.07. The van der Waals surface area contributed by atoms with E-state index in [4.69, 9.17) is 4.42 Å². The first kappa shape index (κ1) is 14.9. The Balaban J connectivity index is 1.95. The molecule has 0 bridgehead atoms. The Bertz CT molecular complexity index is 1080. The lowest BCUT2D eigenvalue weighted by molar-refractivity contribution is 0.585. The Morgan fingerprint density at radius 2 is 1.75 bits per heavy atom. The first-order valence-electron chi connectivity index (χ1n) is 7.87. The average molecular weight is 322 g/mol. The van der Waals surface area contributed by atoms with E-state index in [0.29, 0.717) is 17.6 Å². The molecule has 1 nitrogen and oxygen atoms in total. The summed E-state index contributed by atoms with van der Waals surface area (Å²) in [5.41, 5.74) is 3.88. The summed E-state index contributed by atoms with van der Waals surface area (Å²) in [6.07, 6.45) is 1.94. The second-order valence-corrected chi connectivity index (χ2v) is 6.28. The molecule has 0 aliphatic heterocycles. The molecule has 0 amide bonds. The van der Waals surface area contributed by atoms with Crippen molar-refractivity contribution < 1.29 is 13.2 Å². The van der Waals surface area contributed by atoms with Crippen LogP contribution in [0.1, 0.15) is 22.3 Å². The summed E-state index contributed by atoms with van der Waals surface area (Å²) in [4.78, 5) is 0. The summed E-state index contributed by atoms with van der Waals surface area (Å²) in [6, 6.07) is 12.1. The molecule has 4 rings (SSSR count). The molecule has 1 aromatic heterocycles. The number of hydrogen-bond acceptors (Lipinski definition) is 1. The van der Waals surface area contributed by atoms with Gasteiger partial charge < -0.3 is 4.42 Å². The van der Waals surface area contributed by atoms with Crippen molar-refractivity contribution in [2.24, 2.45) is 0 Å². The van der Waals surface area contributed by atoms with E-state index in [-0.39, 0.29) is 11.6 Å². The maximum Gasteiger partial charge on any atom is 0.140 e. The van der Waals surface area contributed by atoms with E-state index in [2.05, 4.69) is 0 Å². The van der Waals surface area contributed by atoms with Gasteiger partial charge in [-0.1, -0.05) is 23.8 Å². The van der Waals surface area contributed by atoms with E-state index >= 15 is 0 Å². The quantitative estimate of drug-likeness (QED) is 0.436. The molecule has 3 aromatic carbocycles. The van der Waals surface area contributed by atoms with Gasteiger partial charge in [-0.05, 0) is 60.0 Å². The Morgan fingerprint density at radius 3 is 2.58 bits per heavy atom. The summed E-state index contributed by atoms with van der Waals surface area (Å²) in [6.45, 7) is 3.85. The zero-order valence-corrected chi connectivity index (χ0v) is 13.5. The molecule has 24 heavy (non-hydrogen) atoms. The van der Waals surface area contributed by atoms with Gasteiger partial charge >= 0.3 is 0 Å². The van der Waals surface area contributed by atoms with Crippen LogP contribution in [0.4, 0.5) is 8.78 Å². The van der Waals surface area contributed by atoms with Crippen molar-refractivity contribution in [2.45, 2.75) is 20.3 Å². The van der Waals surface area contributed by atoms with E-state index in [0.717, 1.165) is 32.8 Å². The zero-order chi connectivity index (χ0) is 16.8. The number of aryl methyl sites for hydroxylation is 2. The van der Waals surface area contributed by atoms with Gasteiger partial charge in [-0.15, -0.1) is 0 Å². The van der Waals surface area contributed by atoms with Crippen molar-refractivity contribution >= 4 is 21.7 Å². The largest absolute Gasteiger partial charge is 0.464 e. The van der Waals surface area contributed by atoms with Gasteiger partial charge in [0.25, 0.3) is 0 Å². The SMILES string of the molecule is Cc1cc(Cc2c(F)cc(C)c3ccoc23)c2cc(F)ccc2c1. The fraction of sp³-hybridized carbons (Fsp3) is 0.143. The van der Waals surface area contributed by atoms with Gasteiger partial charge in [-0.3, -0.25) is 0 Å². The van der Waals surface area contributed by atoms with Crippen LogP contribution in [-0.2, 0) is 6.42 Å². The molecule has 0 aliphatic carbocycles. The molecule has 4 aromatic rings. The Hall–Kier alpha value is -2.68. The highest BCUT2D eigenvalue weighted by Crippen LogP contribution is 2.31. The summed E-state index contributed by atoms with van der Waals surface area (Å²) in [5, 5.41) is 2.67. The summed E-state index contributed by atoms with van der Waals surface area (Å²) < 4.78 is 33.8. The van der Waals surface area contributed by atoms with Crippen LogP contribution in [0, 0.1) is 25.5 Å². The van der Waals surface area contributed by atoms with Crippen LogP contribution in [0.2, 0.25) is 0 Å². The maximum absolute atomic E-state index is 14.6. The van der Waals surface area contributed by atoms with Gasteiger partial charge in [0.05, 0.1) is 6.26 Å². The topological polar surface area (TPSA) is 13.1 Å². The van der Waals surface area contributed by atoms with Crippen molar-refractivity contribution in [3.63, 3.8) is 0 Å². The third-order valence-corrected chi connectivity index (χ3v) is 4.51. The average Bonchev–Trinajstić information content (AvgIpc) is 3.02. The molecule has 0 saturated heterocycles. The molecule has 0 atom stereocenters. The van der Waals surface area contributed by atoms with Crippen LogP contribution in [0.3, 0.4) is 0 Å². The smallest absolute Gasteiger partial charge is 0.140 e. The number of benzene rings is 3. The van der Waals surface area contributed by atoms with Gasteiger partial charge in [0.2, 0.25) is 0 Å². The molecule has 0 fully saturated rings. The van der Waals surface area contributed by atoms with Crippen LogP contribution in [0.25, 0.3) is 21.7 Å². The Morgan fingerprint density at radius 1 is 0.917 bits per heavy atom. The molecule has 1 heterocycles. The van der Waals surface area contributed by atoms with E-state index in [1.165, 1.54) is 18.2 Å². The van der Waals surface area contributed by atoms with E-state index < -0.39 is 0 Å². The van der Waals surface area contributed by atoms with Crippen LogP contribution >= 0.6 is 0 Å². The second kappa shape index (κ2) is 5.45. The minimum absolute atomic E-state index is 0.291. The van der Waals surface area contributed by atoms with Crippen molar-refractivity contribution in [1.29, 1.82) is 0 Å². The minimum Gasteiger partial charge on any atom is -0.464 e. The third kappa shape index (κ3) is 2.37. The van der Waals surface area contributed by atoms with Gasteiger partial charge in [0, 0.05) is 17.4 Å². The zero-order valence-electron chi connectivity index (χ0n) is 13.5. The van der Waals surface area contributed by atoms with Crippen LogP contribution in [-0.4, -0.2) is 0 Å². The second-order valence-electron chi connectivity index (χ2n) is 6.28. The van der Waals surface area contributed by atoms with E-state index in [9.17, 15) is 8.78 Å². The van der Waals surface area contributed by atoms with Crippen molar-refractivity contribution in [3.8, 4) is 0 Å². The molecule has 0 aliphatic rings. The van der Waals surface area contributed by atoms with Crippen LogP contribution in [0.15, 0.2) is 53.1 Å². The monoisotopic (exact) mass is 322 g/mol. The van der Waals surface area contributed by atoms with Crippen LogP contribution in [0.5, 0.6) is 0 Å². The molecule has 3 heteroatoms. The number of halogens is 2. The summed E-state index contributed by atoms with van der Waals surface area (Å²) >= 11 is 0. The molecule has 0 saturated carbocycles. The normalized spacial score (nSPS) is 11.5. The van der Waals surface area contributed by atoms with Gasteiger partial charge in [0.15, 0.2) is 0 Å². The molecular formula is C21H16F2O. The Kier molecular flexibility index (Phi) is 3.38. The highest BCUT2D eigenvalue weighted by atomic mass is 19.1. The van der Waals surface area contributed by atoms with Crippen molar-refractivity contribution in [1.82, 2.24) is 0 Å². The lowest BCUT2D eigenvalue weighted by Gasteiger charge is -2.11. The molecular weight excluding hydrogens is 306 g/mol. The first-order valence-corrected chi connectivity index (χ1v) is 7.87. The number of furan rings is 1. The highest BCUT2D eigenvalue weighted by Gasteiger charge is 2.15. The van der Waals surface area contributed by atoms with Crippen molar-refractivity contribution in [2.75, 3.05) is 0 Å². The highest BCUT2D eigenvalue weighted by molar-refractivity contribution is 5.88. The lowest BCUT2D eigenvalue weighted by Crippen LogP contribution is -1.97. The fourth-order valence-electron chi connectivity index (χ4n) is 3.39. The molecule has 0 spiro atoms. The summed E-state index contributed by atoms with van der Waals surface area (Å²) in [5.74, 6) is -0.582. The number of rotatable bonds is 2. The van der Waals surface area contributed by atoms with E-state index in [1.807, 2.05) is 32.0 Å².